The van der Waals surface area contributed by atoms with E-state index in [1.54, 1.807) is 6.20 Å². The van der Waals surface area contributed by atoms with E-state index in [0.29, 0.717) is 0 Å². The summed E-state index contributed by atoms with van der Waals surface area (Å²) in [7, 11) is 0. The van der Waals surface area contributed by atoms with Crippen LogP contribution in [0.5, 0.6) is 0 Å². The lowest BCUT2D eigenvalue weighted by molar-refractivity contribution is -0.119. The fourth-order valence-electron chi connectivity index (χ4n) is 3.24. The number of fused-ring (bicyclic) bond motifs is 2. The Balaban J connectivity index is 1.56. The van der Waals surface area contributed by atoms with Gasteiger partial charge >= 0.3 is 0 Å². The highest BCUT2D eigenvalue weighted by molar-refractivity contribution is 6.01. The number of benzene rings is 1. The monoisotopic (exact) mass is 241 g/mol. The number of hydrogen-bond donors (Lipinski definition) is 2. The lowest BCUT2D eigenvalue weighted by Crippen LogP contribution is -2.21. The van der Waals surface area contributed by atoms with E-state index >= 15 is 0 Å². The average molecular weight is 241 g/mol. The molecule has 2 aromatic rings. The molecule has 1 aromatic carbocycles. The first kappa shape index (κ1) is 10.1. The zero-order chi connectivity index (χ0) is 12.1. The highest BCUT2D eigenvalue weighted by Crippen LogP contribution is 2.54. The molecule has 0 saturated heterocycles. The van der Waals surface area contributed by atoms with Crippen LogP contribution in [0.1, 0.15) is 19.3 Å². The van der Waals surface area contributed by atoms with Crippen LogP contribution >= 0.6 is 0 Å². The van der Waals surface area contributed by atoms with Crippen LogP contribution < -0.4 is 5.32 Å². The number of hydrogen-bond acceptors (Lipinski definition) is 2. The largest absolute Gasteiger partial charge is 0.325 e. The van der Waals surface area contributed by atoms with Gasteiger partial charge in [-0.15, -0.1) is 0 Å². The molecule has 0 radical (unpaired) electrons. The number of H-pyrrole nitrogens is 1. The zero-order valence-corrected chi connectivity index (χ0v) is 10.0. The van der Waals surface area contributed by atoms with Gasteiger partial charge < -0.3 is 5.32 Å². The van der Waals surface area contributed by atoms with Crippen LogP contribution in [0.2, 0.25) is 0 Å². The van der Waals surface area contributed by atoms with Crippen molar-refractivity contribution in [1.82, 2.24) is 10.2 Å². The third kappa shape index (κ3) is 1.52. The molecule has 2 unspecified atom stereocenters. The molecule has 2 aliphatic carbocycles. The Bertz CT molecular complexity index is 608. The number of carbonyl (C=O) groups excluding carboxylic acids is 1. The first-order valence-corrected chi connectivity index (χ1v) is 6.54. The maximum absolute atomic E-state index is 12.2. The van der Waals surface area contributed by atoms with Gasteiger partial charge in [0.1, 0.15) is 0 Å². The van der Waals surface area contributed by atoms with Crippen molar-refractivity contribution in [2.24, 2.45) is 17.8 Å². The van der Waals surface area contributed by atoms with Gasteiger partial charge in [0.2, 0.25) is 5.91 Å². The molecule has 4 nitrogen and oxygen atoms in total. The lowest BCUT2D eigenvalue weighted by Gasteiger charge is -2.12. The van der Waals surface area contributed by atoms with E-state index in [4.69, 9.17) is 0 Å². The molecular weight excluding hydrogens is 226 g/mol. The highest BCUT2D eigenvalue weighted by atomic mass is 16.1. The molecule has 92 valence electrons. The molecule has 0 aliphatic heterocycles. The van der Waals surface area contributed by atoms with Crippen molar-refractivity contribution in [2.45, 2.75) is 19.3 Å². The van der Waals surface area contributed by atoms with E-state index < -0.39 is 0 Å². The SMILES string of the molecule is O=C(Nc1cccc2[nH]ncc12)C1CC2CC2C1. The summed E-state index contributed by atoms with van der Waals surface area (Å²) in [5, 5.41) is 11.0. The van der Waals surface area contributed by atoms with Gasteiger partial charge in [-0.05, 0) is 43.2 Å². The Kier molecular flexibility index (Phi) is 2.01. The number of nitrogens with zero attached hydrogens (tertiary/aromatic N) is 1. The summed E-state index contributed by atoms with van der Waals surface area (Å²) in [5.41, 5.74) is 1.83. The average Bonchev–Trinajstić information content (AvgIpc) is 2.82. The van der Waals surface area contributed by atoms with Crippen molar-refractivity contribution in [2.75, 3.05) is 5.32 Å². The molecule has 18 heavy (non-hydrogen) atoms. The maximum Gasteiger partial charge on any atom is 0.227 e. The van der Waals surface area contributed by atoms with Gasteiger partial charge in [0.25, 0.3) is 0 Å². The molecule has 2 saturated carbocycles. The third-order valence-corrected chi connectivity index (χ3v) is 4.36. The van der Waals surface area contributed by atoms with Crippen LogP contribution in [0, 0.1) is 17.8 Å². The Morgan fingerprint density at radius 1 is 1.28 bits per heavy atom. The molecule has 0 bridgehead atoms. The van der Waals surface area contributed by atoms with Crippen molar-refractivity contribution >= 4 is 22.5 Å². The van der Waals surface area contributed by atoms with Gasteiger partial charge in [-0.3, -0.25) is 9.89 Å². The van der Waals surface area contributed by atoms with E-state index in [1.165, 1.54) is 6.42 Å². The Morgan fingerprint density at radius 2 is 2.11 bits per heavy atom. The fourth-order valence-corrected chi connectivity index (χ4v) is 3.24. The molecule has 1 aromatic heterocycles. The maximum atomic E-state index is 12.2. The van der Waals surface area contributed by atoms with Crippen LogP contribution in [0.15, 0.2) is 24.4 Å². The summed E-state index contributed by atoms with van der Waals surface area (Å²) in [6.45, 7) is 0. The predicted octanol–water partition coefficient (Wildman–Crippen LogP) is 2.55. The van der Waals surface area contributed by atoms with Gasteiger partial charge in [0.15, 0.2) is 0 Å². The lowest BCUT2D eigenvalue weighted by atomic mass is 10.0. The van der Waals surface area contributed by atoms with E-state index in [9.17, 15) is 4.79 Å². The highest BCUT2D eigenvalue weighted by Gasteiger charge is 2.47. The van der Waals surface area contributed by atoms with E-state index in [1.807, 2.05) is 18.2 Å². The molecule has 1 heterocycles. The first-order chi connectivity index (χ1) is 8.81. The fraction of sp³-hybridized carbons (Fsp3) is 0.429. The summed E-state index contributed by atoms with van der Waals surface area (Å²) in [6.07, 6.45) is 5.27. The van der Waals surface area contributed by atoms with Crippen molar-refractivity contribution in [3.8, 4) is 0 Å². The second-order valence-corrected chi connectivity index (χ2v) is 5.55. The minimum absolute atomic E-state index is 0.177. The van der Waals surface area contributed by atoms with Gasteiger partial charge in [-0.2, -0.15) is 5.10 Å². The van der Waals surface area contributed by atoms with Gasteiger partial charge in [0.05, 0.1) is 17.4 Å². The number of nitrogens with one attached hydrogen (secondary N) is 2. The molecule has 2 N–H and O–H groups in total. The Labute approximate surface area is 105 Å². The van der Waals surface area contributed by atoms with Gasteiger partial charge in [-0.1, -0.05) is 6.07 Å². The van der Waals surface area contributed by atoms with E-state index in [0.717, 1.165) is 41.3 Å². The Morgan fingerprint density at radius 3 is 2.94 bits per heavy atom. The molecular formula is C14H15N3O. The van der Waals surface area contributed by atoms with Crippen LogP contribution in [-0.2, 0) is 4.79 Å². The number of aromatic nitrogens is 2. The molecule has 0 spiro atoms. The van der Waals surface area contributed by atoms with Crippen molar-refractivity contribution in [3.63, 3.8) is 0 Å². The minimum Gasteiger partial charge on any atom is -0.325 e. The summed E-state index contributed by atoms with van der Waals surface area (Å²) >= 11 is 0. The summed E-state index contributed by atoms with van der Waals surface area (Å²) in [6, 6.07) is 5.83. The van der Waals surface area contributed by atoms with Gasteiger partial charge in [0, 0.05) is 11.3 Å². The number of rotatable bonds is 2. The van der Waals surface area contributed by atoms with Crippen molar-refractivity contribution in [3.05, 3.63) is 24.4 Å². The molecule has 2 fully saturated rings. The van der Waals surface area contributed by atoms with Gasteiger partial charge in [-0.25, -0.2) is 0 Å². The summed E-state index contributed by atoms with van der Waals surface area (Å²) in [4.78, 5) is 12.2. The van der Waals surface area contributed by atoms with Crippen LogP contribution in [0.4, 0.5) is 5.69 Å². The molecule has 4 heteroatoms. The summed E-state index contributed by atoms with van der Waals surface area (Å²) < 4.78 is 0. The van der Waals surface area contributed by atoms with Crippen LogP contribution in [0.25, 0.3) is 10.9 Å². The van der Waals surface area contributed by atoms with Crippen LogP contribution in [0.3, 0.4) is 0 Å². The predicted molar refractivity (Wildman–Crippen MR) is 69.0 cm³/mol. The second kappa shape index (κ2) is 3.57. The molecule has 4 rings (SSSR count). The number of anilines is 1. The van der Waals surface area contributed by atoms with Crippen LogP contribution in [-0.4, -0.2) is 16.1 Å². The normalized spacial score (nSPS) is 29.2. The molecule has 2 aliphatic rings. The Hall–Kier alpha value is -1.84. The smallest absolute Gasteiger partial charge is 0.227 e. The first-order valence-electron chi connectivity index (χ1n) is 6.54. The second-order valence-electron chi connectivity index (χ2n) is 5.55. The molecule has 2 atom stereocenters. The van der Waals surface area contributed by atoms with E-state index in [-0.39, 0.29) is 11.8 Å². The minimum atomic E-state index is 0.177. The standard InChI is InChI=1S/C14H15N3O/c18-14(10-5-8-4-9(8)6-10)16-12-2-1-3-13-11(12)7-15-17-13/h1-3,7-10H,4-6H2,(H,15,17)(H,16,18). The molecule has 1 amide bonds. The third-order valence-electron chi connectivity index (χ3n) is 4.36. The van der Waals surface area contributed by atoms with E-state index in [2.05, 4.69) is 15.5 Å². The number of amides is 1. The zero-order valence-electron chi connectivity index (χ0n) is 10.0. The van der Waals surface area contributed by atoms with Crippen molar-refractivity contribution < 1.29 is 4.79 Å². The topological polar surface area (TPSA) is 57.8 Å². The quantitative estimate of drug-likeness (QED) is 0.848. The summed E-state index contributed by atoms with van der Waals surface area (Å²) in [5.74, 6) is 2.07. The number of carbonyl (C=O) groups is 1. The van der Waals surface area contributed by atoms with Crippen molar-refractivity contribution in [1.29, 1.82) is 0 Å². The number of aromatic amines is 1.